The van der Waals surface area contributed by atoms with E-state index in [1.54, 1.807) is 0 Å². The van der Waals surface area contributed by atoms with Crippen LogP contribution in [0.5, 0.6) is 5.75 Å². The van der Waals surface area contributed by atoms with Gasteiger partial charge in [0.25, 0.3) is 5.91 Å². The van der Waals surface area contributed by atoms with Gasteiger partial charge in [-0.2, -0.15) is 0 Å². The lowest BCUT2D eigenvalue weighted by molar-refractivity contribution is 0.0939. The number of hydrogen-bond acceptors (Lipinski definition) is 4. The molecule has 0 bridgehead atoms. The molecule has 0 saturated carbocycles. The first-order valence-electron chi connectivity index (χ1n) is 8.59. The predicted octanol–water partition coefficient (Wildman–Crippen LogP) is 3.66. The number of benzene rings is 2. The molecule has 2 aromatic carbocycles. The summed E-state index contributed by atoms with van der Waals surface area (Å²) in [7, 11) is -4.02. The van der Waals surface area contributed by atoms with Gasteiger partial charge in [0.2, 0.25) is 10.0 Å². The minimum absolute atomic E-state index is 0.0308. The van der Waals surface area contributed by atoms with E-state index < -0.39 is 15.9 Å². The lowest BCUT2D eigenvalue weighted by Crippen LogP contribution is -2.27. The summed E-state index contributed by atoms with van der Waals surface area (Å²) < 4.78 is 29.0. The van der Waals surface area contributed by atoms with Gasteiger partial charge >= 0.3 is 0 Å². The van der Waals surface area contributed by atoms with E-state index in [1.807, 2.05) is 31.2 Å². The van der Waals surface area contributed by atoms with Crippen molar-refractivity contribution >= 4 is 27.5 Å². The quantitative estimate of drug-likeness (QED) is 0.648. The molecule has 0 aliphatic heterocycles. The first-order chi connectivity index (χ1) is 12.7. The molecule has 0 aliphatic carbocycles. The van der Waals surface area contributed by atoms with E-state index in [9.17, 15) is 13.2 Å². The summed E-state index contributed by atoms with van der Waals surface area (Å²) in [5.74, 6) is 0.271. The van der Waals surface area contributed by atoms with Gasteiger partial charge in [-0.1, -0.05) is 43.1 Å². The van der Waals surface area contributed by atoms with Crippen molar-refractivity contribution in [2.45, 2.75) is 37.6 Å². The average Bonchev–Trinajstić information content (AvgIpc) is 2.61. The summed E-state index contributed by atoms with van der Waals surface area (Å²) in [5, 5.41) is 7.95. The average molecular weight is 411 g/mol. The summed E-state index contributed by atoms with van der Waals surface area (Å²) in [5.41, 5.74) is 0.988. The van der Waals surface area contributed by atoms with Gasteiger partial charge in [-0.3, -0.25) is 4.79 Å². The Morgan fingerprint density at radius 2 is 1.96 bits per heavy atom. The van der Waals surface area contributed by atoms with Crippen LogP contribution in [0, 0.1) is 0 Å². The first kappa shape index (κ1) is 21.2. The van der Waals surface area contributed by atoms with Gasteiger partial charge < -0.3 is 10.1 Å². The molecule has 0 saturated heterocycles. The number of amides is 1. The molecule has 0 heterocycles. The molecule has 0 unspecified atom stereocenters. The molecular weight excluding hydrogens is 388 g/mol. The van der Waals surface area contributed by atoms with E-state index in [0.717, 1.165) is 18.4 Å². The number of nitrogens with two attached hydrogens (primary N) is 1. The number of hydrogen-bond donors (Lipinski definition) is 2. The van der Waals surface area contributed by atoms with Crippen molar-refractivity contribution in [2.24, 2.45) is 5.14 Å². The third kappa shape index (κ3) is 5.69. The zero-order valence-corrected chi connectivity index (χ0v) is 16.8. The van der Waals surface area contributed by atoms with Crippen LogP contribution >= 0.6 is 11.6 Å². The van der Waals surface area contributed by atoms with Gasteiger partial charge in [0, 0.05) is 11.1 Å². The van der Waals surface area contributed by atoms with Crippen LogP contribution in [0.4, 0.5) is 0 Å². The maximum atomic E-state index is 12.6. The number of nitrogens with one attached hydrogen (secondary N) is 1. The highest BCUT2D eigenvalue weighted by molar-refractivity contribution is 7.89. The van der Waals surface area contributed by atoms with Crippen molar-refractivity contribution in [3.63, 3.8) is 0 Å². The minimum atomic E-state index is -4.02. The lowest BCUT2D eigenvalue weighted by atomic mass is 10.1. The number of para-hydroxylation sites is 1. The lowest BCUT2D eigenvalue weighted by Gasteiger charge is -2.18. The zero-order chi connectivity index (χ0) is 20.0. The molecule has 1 amide bonds. The molecule has 0 radical (unpaired) electrons. The number of primary sulfonamides is 1. The van der Waals surface area contributed by atoms with Crippen LogP contribution in [-0.2, 0) is 10.0 Å². The molecule has 2 aromatic rings. The molecule has 27 heavy (non-hydrogen) atoms. The molecular formula is C19H23ClN2O4S. The van der Waals surface area contributed by atoms with Crippen LogP contribution in [0.15, 0.2) is 47.4 Å². The Bertz CT molecular complexity index is 916. The number of unbranched alkanes of at least 4 members (excludes halogenated alkanes) is 1. The normalized spacial score (nSPS) is 12.4. The highest BCUT2D eigenvalue weighted by atomic mass is 35.5. The van der Waals surface area contributed by atoms with Crippen LogP contribution in [0.2, 0.25) is 5.02 Å². The molecule has 146 valence electrons. The largest absolute Gasteiger partial charge is 0.493 e. The van der Waals surface area contributed by atoms with E-state index in [0.29, 0.717) is 12.4 Å². The zero-order valence-electron chi connectivity index (χ0n) is 15.2. The summed E-state index contributed by atoms with van der Waals surface area (Å²) in [6, 6.07) is 11.1. The number of carbonyl (C=O) groups is 1. The van der Waals surface area contributed by atoms with Crippen molar-refractivity contribution in [3.05, 3.63) is 58.6 Å². The molecule has 1 atom stereocenters. The van der Waals surface area contributed by atoms with Crippen LogP contribution in [-0.4, -0.2) is 20.9 Å². The van der Waals surface area contributed by atoms with Crippen LogP contribution < -0.4 is 15.2 Å². The number of rotatable bonds is 8. The van der Waals surface area contributed by atoms with E-state index in [2.05, 4.69) is 12.2 Å². The van der Waals surface area contributed by atoms with E-state index in [1.165, 1.54) is 18.2 Å². The molecule has 0 fully saturated rings. The van der Waals surface area contributed by atoms with Gasteiger partial charge in [-0.05, 0) is 37.6 Å². The Morgan fingerprint density at radius 1 is 1.26 bits per heavy atom. The maximum absolute atomic E-state index is 12.6. The third-order valence-corrected chi connectivity index (χ3v) is 5.38. The fourth-order valence-corrected chi connectivity index (χ4v) is 3.59. The van der Waals surface area contributed by atoms with Crippen molar-refractivity contribution < 1.29 is 17.9 Å². The highest BCUT2D eigenvalue weighted by Gasteiger charge is 2.19. The second-order valence-corrected chi connectivity index (χ2v) is 8.06. The first-order valence-corrected chi connectivity index (χ1v) is 10.5. The topological polar surface area (TPSA) is 98.5 Å². The predicted molar refractivity (Wildman–Crippen MR) is 106 cm³/mol. The summed E-state index contributed by atoms with van der Waals surface area (Å²) >= 11 is 5.86. The Morgan fingerprint density at radius 3 is 2.63 bits per heavy atom. The summed E-state index contributed by atoms with van der Waals surface area (Å²) in [6.45, 7) is 4.51. The standard InChI is InChI=1S/C19H23ClN2O4S/c1-3-4-11-26-17-8-6-5-7-15(17)13(2)22-19(23)14-9-10-16(20)18(12-14)27(21,24)25/h5-10,12-13H,3-4,11H2,1-2H3,(H,22,23)(H2,21,24,25)/t13-/m1/s1. The van der Waals surface area contributed by atoms with Gasteiger partial charge in [0.15, 0.2) is 0 Å². The van der Waals surface area contributed by atoms with Crippen LogP contribution in [0.3, 0.4) is 0 Å². The van der Waals surface area contributed by atoms with E-state index in [-0.39, 0.29) is 21.5 Å². The molecule has 0 aromatic heterocycles. The number of halogens is 1. The van der Waals surface area contributed by atoms with Gasteiger partial charge in [0.05, 0.1) is 17.7 Å². The molecule has 8 heteroatoms. The summed E-state index contributed by atoms with van der Waals surface area (Å²) in [4.78, 5) is 12.3. The second-order valence-electron chi connectivity index (χ2n) is 6.13. The Labute approximate surface area is 164 Å². The van der Waals surface area contributed by atoms with Gasteiger partial charge in [0.1, 0.15) is 10.6 Å². The number of sulfonamides is 1. The fraction of sp³-hybridized carbons (Fsp3) is 0.316. The monoisotopic (exact) mass is 410 g/mol. The van der Waals surface area contributed by atoms with Crippen molar-refractivity contribution in [2.75, 3.05) is 6.61 Å². The fourth-order valence-electron chi connectivity index (χ4n) is 2.52. The van der Waals surface area contributed by atoms with Crippen molar-refractivity contribution in [1.82, 2.24) is 5.32 Å². The van der Waals surface area contributed by atoms with Crippen molar-refractivity contribution in [3.8, 4) is 5.75 Å². The highest BCUT2D eigenvalue weighted by Crippen LogP contribution is 2.26. The van der Waals surface area contributed by atoms with E-state index >= 15 is 0 Å². The molecule has 0 aliphatic rings. The number of carbonyl (C=O) groups excluding carboxylic acids is 1. The Balaban J connectivity index is 2.19. The molecule has 0 spiro atoms. The maximum Gasteiger partial charge on any atom is 0.251 e. The summed E-state index contributed by atoms with van der Waals surface area (Å²) in [6.07, 6.45) is 1.97. The second kappa shape index (κ2) is 9.21. The Kier molecular flexibility index (Phi) is 7.24. The van der Waals surface area contributed by atoms with Crippen molar-refractivity contribution in [1.29, 1.82) is 0 Å². The molecule has 2 rings (SSSR count). The van der Waals surface area contributed by atoms with Crippen LogP contribution in [0.25, 0.3) is 0 Å². The van der Waals surface area contributed by atoms with Gasteiger partial charge in [-0.25, -0.2) is 13.6 Å². The molecule has 6 nitrogen and oxygen atoms in total. The van der Waals surface area contributed by atoms with Gasteiger partial charge in [-0.15, -0.1) is 0 Å². The number of ether oxygens (including phenoxy) is 1. The minimum Gasteiger partial charge on any atom is -0.493 e. The Hall–Kier alpha value is -2.09. The van der Waals surface area contributed by atoms with E-state index in [4.69, 9.17) is 21.5 Å². The third-order valence-electron chi connectivity index (χ3n) is 3.99. The molecule has 3 N–H and O–H groups in total. The smallest absolute Gasteiger partial charge is 0.251 e. The van der Waals surface area contributed by atoms with Crippen LogP contribution in [0.1, 0.15) is 48.7 Å². The SMILES string of the molecule is CCCCOc1ccccc1[C@@H](C)NC(=O)c1ccc(Cl)c(S(N)(=O)=O)c1.